The lowest BCUT2D eigenvalue weighted by atomic mass is 9.78. The first kappa shape index (κ1) is 22.7. The summed E-state index contributed by atoms with van der Waals surface area (Å²) in [5, 5.41) is -0.151. The highest BCUT2D eigenvalue weighted by Gasteiger charge is 2.52. The number of hydrogen-bond donors (Lipinski definition) is 0. The maximum atomic E-state index is 13.1. The third-order valence-corrected chi connectivity index (χ3v) is 5.76. The Morgan fingerprint density at radius 1 is 1.14 bits per heavy atom. The number of thioether (sulfide) groups is 1. The van der Waals surface area contributed by atoms with Gasteiger partial charge in [-0.3, -0.25) is 9.59 Å². The lowest BCUT2D eigenvalue weighted by Gasteiger charge is -2.32. The van der Waals surface area contributed by atoms with E-state index in [2.05, 4.69) is 0 Å². The number of halogens is 3. The van der Waals surface area contributed by atoms with E-state index in [1.54, 1.807) is 0 Å². The average Bonchev–Trinajstić information content (AvgIpc) is 2.77. The summed E-state index contributed by atoms with van der Waals surface area (Å²) in [6.07, 6.45) is -2.61. The van der Waals surface area contributed by atoms with Crippen LogP contribution in [0.5, 0.6) is 0 Å². The third kappa shape index (κ3) is 5.07. The highest BCUT2D eigenvalue weighted by atomic mass is 32.2. The van der Waals surface area contributed by atoms with E-state index in [9.17, 15) is 22.8 Å². The second-order valence-electron chi connectivity index (χ2n) is 7.55. The van der Waals surface area contributed by atoms with E-state index >= 15 is 0 Å². The largest absolute Gasteiger partial charge is 0.491 e. The third-order valence-electron chi connectivity index (χ3n) is 4.88. The maximum Gasteiger partial charge on any atom is 0.491 e. The maximum absolute atomic E-state index is 13.1. The Bertz CT molecular complexity index is 787. The summed E-state index contributed by atoms with van der Waals surface area (Å²) in [7, 11) is -0.842. The fraction of sp³-hybridized carbons (Fsp3) is 0.474. The minimum atomic E-state index is -4.54. The first-order valence-corrected chi connectivity index (χ1v) is 9.61. The molecule has 0 atom stereocenters. The molecule has 152 valence electrons. The lowest BCUT2D eigenvalue weighted by Crippen LogP contribution is -2.41. The molecule has 0 amide bonds. The second-order valence-corrected chi connectivity index (χ2v) is 8.70. The van der Waals surface area contributed by atoms with E-state index in [-0.39, 0.29) is 22.0 Å². The van der Waals surface area contributed by atoms with Gasteiger partial charge < -0.3 is 9.31 Å². The molecule has 0 unspecified atom stereocenters. The molecule has 2 rings (SSSR count). The zero-order chi connectivity index (χ0) is 21.3. The molecule has 1 aliphatic rings. The molecule has 0 aromatic heterocycles. The summed E-state index contributed by atoms with van der Waals surface area (Å²) in [6, 6.07) is 2.90. The number of rotatable bonds is 5. The summed E-state index contributed by atoms with van der Waals surface area (Å²) in [5.41, 5.74) is -1.50. The van der Waals surface area contributed by atoms with Crippen LogP contribution in [0.1, 0.15) is 56.1 Å². The molecule has 0 aliphatic carbocycles. The predicted octanol–water partition coefficient (Wildman–Crippen LogP) is 4.81. The molecular weight excluding hydrogens is 392 g/mol. The molecule has 0 radical (unpaired) electrons. The van der Waals surface area contributed by atoms with Gasteiger partial charge in [-0.15, -0.1) is 0 Å². The van der Waals surface area contributed by atoms with Gasteiger partial charge in [0.25, 0.3) is 0 Å². The van der Waals surface area contributed by atoms with Crippen molar-refractivity contribution in [3.8, 4) is 0 Å². The number of carbonyl (C=O) groups is 2. The van der Waals surface area contributed by atoms with Gasteiger partial charge in [0.15, 0.2) is 11.4 Å². The van der Waals surface area contributed by atoms with Crippen molar-refractivity contribution >= 4 is 36.4 Å². The first-order chi connectivity index (χ1) is 12.8. The minimum absolute atomic E-state index is 0.0960. The Balaban J connectivity index is 2.51. The molecule has 4 nitrogen and oxygen atoms in total. The molecule has 0 saturated carbocycles. The highest BCUT2D eigenvalue weighted by molar-refractivity contribution is 8.13. The number of alkyl halides is 3. The topological polar surface area (TPSA) is 52.6 Å². The van der Waals surface area contributed by atoms with Crippen molar-refractivity contribution in [1.82, 2.24) is 0 Å². The quantitative estimate of drug-likeness (QED) is 0.511. The van der Waals surface area contributed by atoms with Gasteiger partial charge in [-0.1, -0.05) is 23.9 Å². The van der Waals surface area contributed by atoms with Crippen LogP contribution in [-0.2, 0) is 20.3 Å². The fourth-order valence-corrected chi connectivity index (χ4v) is 3.13. The monoisotopic (exact) mass is 414 g/mol. The van der Waals surface area contributed by atoms with Gasteiger partial charge in [-0.2, -0.15) is 13.2 Å². The summed E-state index contributed by atoms with van der Waals surface area (Å²) in [6.45, 7) is 8.80. The van der Waals surface area contributed by atoms with E-state index in [0.717, 1.165) is 30.0 Å². The molecule has 0 N–H and O–H groups in total. The summed E-state index contributed by atoms with van der Waals surface area (Å²) < 4.78 is 51.2. The van der Waals surface area contributed by atoms with E-state index < -0.39 is 30.1 Å². The van der Waals surface area contributed by atoms with Gasteiger partial charge in [-0.05, 0) is 50.9 Å². The summed E-state index contributed by atoms with van der Waals surface area (Å²) in [5.74, 6) is 0.167. The van der Waals surface area contributed by atoms with E-state index in [0.29, 0.717) is 11.8 Å². The first-order valence-electron chi connectivity index (χ1n) is 8.63. The van der Waals surface area contributed by atoms with E-state index in [1.807, 2.05) is 27.7 Å². The molecule has 0 spiro atoms. The van der Waals surface area contributed by atoms with Crippen molar-refractivity contribution in [2.45, 2.75) is 52.0 Å². The van der Waals surface area contributed by atoms with Crippen LogP contribution in [0.25, 0.3) is 6.08 Å². The van der Waals surface area contributed by atoms with Gasteiger partial charge in [0, 0.05) is 18.2 Å². The van der Waals surface area contributed by atoms with Crippen molar-refractivity contribution in [2.75, 3.05) is 5.75 Å². The van der Waals surface area contributed by atoms with Crippen molar-refractivity contribution < 1.29 is 32.1 Å². The SMILES string of the molecule is CC(=O)SCC(=Cc1cc(C(F)(F)F)ccc1C=O)B1OC(C)(C)C(C)(C)O1. The smallest absolute Gasteiger partial charge is 0.400 e. The molecule has 9 heteroatoms. The zero-order valence-electron chi connectivity index (χ0n) is 16.3. The second kappa shape index (κ2) is 8.04. The Morgan fingerprint density at radius 2 is 1.71 bits per heavy atom. The van der Waals surface area contributed by atoms with Crippen molar-refractivity contribution in [1.29, 1.82) is 0 Å². The van der Waals surface area contributed by atoms with Gasteiger partial charge in [0.05, 0.1) is 16.8 Å². The summed E-state index contributed by atoms with van der Waals surface area (Å²) in [4.78, 5) is 22.8. The summed E-state index contributed by atoms with van der Waals surface area (Å²) >= 11 is 0.991. The Labute approximate surface area is 167 Å². The molecule has 1 aromatic rings. The van der Waals surface area contributed by atoms with Crippen molar-refractivity contribution in [3.05, 3.63) is 40.4 Å². The van der Waals surface area contributed by atoms with Crippen LogP contribution in [-0.4, -0.2) is 35.5 Å². The van der Waals surface area contributed by atoms with Crippen LogP contribution in [0, 0.1) is 0 Å². The van der Waals surface area contributed by atoms with E-state index in [1.165, 1.54) is 13.0 Å². The van der Waals surface area contributed by atoms with Crippen LogP contribution in [0.3, 0.4) is 0 Å². The number of aldehydes is 1. The Kier molecular flexibility index (Phi) is 6.52. The van der Waals surface area contributed by atoms with Crippen LogP contribution in [0.2, 0.25) is 0 Å². The van der Waals surface area contributed by atoms with Gasteiger partial charge in [0.2, 0.25) is 0 Å². The number of benzene rings is 1. The number of hydrogen-bond acceptors (Lipinski definition) is 5. The predicted molar refractivity (Wildman–Crippen MR) is 104 cm³/mol. The normalized spacial score (nSPS) is 19.0. The standard InChI is InChI=1S/C19H22BF3O4S/c1-12(25)28-11-16(20-26-17(2,3)18(4,5)27-20)9-14-8-15(19(21,22)23)7-6-13(14)10-24/h6-10H,11H2,1-5H3. The molecule has 28 heavy (non-hydrogen) atoms. The Hall–Kier alpha value is -1.58. The zero-order valence-corrected chi connectivity index (χ0v) is 17.2. The average molecular weight is 414 g/mol. The lowest BCUT2D eigenvalue weighted by molar-refractivity contribution is -0.137. The molecular formula is C19H22BF3O4S. The van der Waals surface area contributed by atoms with Gasteiger partial charge >= 0.3 is 13.3 Å². The van der Waals surface area contributed by atoms with Crippen LogP contribution in [0.4, 0.5) is 13.2 Å². The van der Waals surface area contributed by atoms with Crippen LogP contribution >= 0.6 is 11.8 Å². The van der Waals surface area contributed by atoms with Gasteiger partial charge in [-0.25, -0.2) is 0 Å². The van der Waals surface area contributed by atoms with Crippen molar-refractivity contribution in [3.63, 3.8) is 0 Å². The molecule has 1 saturated heterocycles. The highest BCUT2D eigenvalue weighted by Crippen LogP contribution is 2.40. The molecule has 1 heterocycles. The van der Waals surface area contributed by atoms with E-state index in [4.69, 9.17) is 9.31 Å². The molecule has 1 fully saturated rings. The Morgan fingerprint density at radius 3 is 2.18 bits per heavy atom. The molecule has 1 aromatic carbocycles. The fourth-order valence-electron chi connectivity index (χ4n) is 2.54. The molecule has 0 bridgehead atoms. The minimum Gasteiger partial charge on any atom is -0.400 e. The van der Waals surface area contributed by atoms with Crippen molar-refractivity contribution in [2.24, 2.45) is 0 Å². The number of carbonyl (C=O) groups excluding carboxylic acids is 2. The van der Waals surface area contributed by atoms with Gasteiger partial charge in [0.1, 0.15) is 0 Å². The molecule has 1 aliphatic heterocycles. The van der Waals surface area contributed by atoms with Crippen LogP contribution < -0.4 is 0 Å². The van der Waals surface area contributed by atoms with Crippen LogP contribution in [0.15, 0.2) is 23.7 Å².